The first kappa shape index (κ1) is 16.4. The topological polar surface area (TPSA) is 64.6 Å². The molecule has 0 aromatic carbocycles. The van der Waals surface area contributed by atoms with Gasteiger partial charge >= 0.3 is 0 Å². The van der Waals surface area contributed by atoms with Gasteiger partial charge in [-0.2, -0.15) is 0 Å². The lowest BCUT2D eigenvalue weighted by atomic mass is 9.89. The number of nitrogens with one attached hydrogen (secondary N) is 1. The van der Waals surface area contributed by atoms with E-state index in [0.717, 1.165) is 0 Å². The van der Waals surface area contributed by atoms with E-state index < -0.39 is 5.92 Å². The Bertz CT molecular complexity index is 337. The fourth-order valence-electron chi connectivity index (χ4n) is 2.24. The number of carbonyl (C=O) groups is 2. The summed E-state index contributed by atoms with van der Waals surface area (Å²) in [5, 5.41) is 2.73. The Kier molecular flexibility index (Phi) is 6.23. The molecule has 1 amide bonds. The number of methoxy groups -OCH3 is 2. The van der Waals surface area contributed by atoms with Crippen LogP contribution in [0.3, 0.4) is 0 Å². The van der Waals surface area contributed by atoms with Gasteiger partial charge in [0.25, 0.3) is 0 Å². The highest BCUT2D eigenvalue weighted by Crippen LogP contribution is 2.28. The van der Waals surface area contributed by atoms with E-state index in [2.05, 4.69) is 5.32 Å². The molecular weight excluding hydrogens is 270 g/mol. The van der Waals surface area contributed by atoms with Gasteiger partial charge in [-0.3, -0.25) is 9.59 Å². The van der Waals surface area contributed by atoms with Gasteiger partial charge in [-0.05, 0) is 26.7 Å². The first-order valence-corrected chi connectivity index (χ1v) is 6.84. The van der Waals surface area contributed by atoms with Crippen LogP contribution in [0.1, 0.15) is 26.7 Å². The van der Waals surface area contributed by atoms with Crippen molar-refractivity contribution in [2.45, 2.75) is 50.3 Å². The molecule has 0 aromatic rings. The summed E-state index contributed by atoms with van der Waals surface area (Å²) in [6.45, 7) is 3.01. The van der Waals surface area contributed by atoms with Gasteiger partial charge in [-0.25, -0.2) is 0 Å². The summed E-state index contributed by atoms with van der Waals surface area (Å²) in [4.78, 5) is 23.1. The second-order valence-electron chi connectivity index (χ2n) is 4.98. The van der Waals surface area contributed by atoms with E-state index in [0.29, 0.717) is 12.8 Å². The highest BCUT2D eigenvalue weighted by Gasteiger charge is 2.38. The summed E-state index contributed by atoms with van der Waals surface area (Å²) in [6, 6.07) is -0.181. The van der Waals surface area contributed by atoms with Crippen molar-refractivity contribution in [3.63, 3.8) is 0 Å². The van der Waals surface area contributed by atoms with E-state index in [1.165, 1.54) is 6.92 Å². The zero-order valence-corrected chi connectivity index (χ0v) is 12.6. The number of hydrogen-bond donors (Lipinski definition) is 1. The molecule has 1 aliphatic rings. The monoisotopic (exact) mass is 291 g/mol. The fraction of sp³-hybridized carbons (Fsp3) is 0.846. The molecule has 0 heterocycles. The first-order valence-electron chi connectivity index (χ1n) is 6.41. The van der Waals surface area contributed by atoms with E-state index in [1.807, 2.05) is 0 Å². The third kappa shape index (κ3) is 4.16. The van der Waals surface area contributed by atoms with Crippen LogP contribution in [-0.4, -0.2) is 49.5 Å². The van der Waals surface area contributed by atoms with E-state index >= 15 is 0 Å². The van der Waals surface area contributed by atoms with E-state index in [-0.39, 0.29) is 35.3 Å². The summed E-state index contributed by atoms with van der Waals surface area (Å²) in [5.41, 5.74) is 0. The van der Waals surface area contributed by atoms with Crippen molar-refractivity contribution in [2.75, 3.05) is 14.2 Å². The number of ether oxygens (including phenoxy) is 2. The third-order valence-corrected chi connectivity index (χ3v) is 4.19. The molecule has 5 unspecified atom stereocenters. The highest BCUT2D eigenvalue weighted by molar-refractivity contribution is 6.21. The number of carbonyl (C=O) groups excluding carboxylic acids is 2. The van der Waals surface area contributed by atoms with Crippen molar-refractivity contribution in [3.05, 3.63) is 0 Å². The van der Waals surface area contributed by atoms with Crippen LogP contribution in [-0.2, 0) is 19.1 Å². The molecule has 5 atom stereocenters. The average molecular weight is 292 g/mol. The van der Waals surface area contributed by atoms with Gasteiger partial charge in [0.1, 0.15) is 5.78 Å². The minimum Gasteiger partial charge on any atom is -0.380 e. The summed E-state index contributed by atoms with van der Waals surface area (Å²) >= 11 is 6.20. The van der Waals surface area contributed by atoms with E-state index in [9.17, 15) is 9.59 Å². The molecule has 0 aromatic heterocycles. The zero-order valence-electron chi connectivity index (χ0n) is 11.8. The Morgan fingerprint density at radius 1 is 1.21 bits per heavy atom. The molecule has 0 saturated heterocycles. The van der Waals surface area contributed by atoms with Gasteiger partial charge in [0.2, 0.25) is 5.91 Å². The number of ketones is 1. The zero-order chi connectivity index (χ0) is 14.6. The summed E-state index contributed by atoms with van der Waals surface area (Å²) < 4.78 is 10.7. The molecule has 5 nitrogen and oxygen atoms in total. The molecule has 6 heteroatoms. The van der Waals surface area contributed by atoms with Crippen LogP contribution in [0, 0.1) is 5.92 Å². The molecule has 0 bridgehead atoms. The van der Waals surface area contributed by atoms with Crippen molar-refractivity contribution in [1.82, 2.24) is 5.32 Å². The molecule has 0 aliphatic heterocycles. The Labute approximate surface area is 119 Å². The Morgan fingerprint density at radius 3 is 2.26 bits per heavy atom. The normalized spacial score (nSPS) is 32.7. The SMILES string of the molecule is COC1CC(NC(=O)C(C)C(C)=O)C(OC)CC1Cl. The molecule has 1 rings (SSSR count). The highest BCUT2D eigenvalue weighted by atomic mass is 35.5. The lowest BCUT2D eigenvalue weighted by Crippen LogP contribution is -2.54. The molecule has 1 N–H and O–H groups in total. The van der Waals surface area contributed by atoms with Gasteiger partial charge in [0, 0.05) is 14.2 Å². The second kappa shape index (κ2) is 7.22. The third-order valence-electron chi connectivity index (χ3n) is 3.73. The summed E-state index contributed by atoms with van der Waals surface area (Å²) in [5.74, 6) is -1.07. The second-order valence-corrected chi connectivity index (χ2v) is 5.54. The molecular formula is C13H22ClNO4. The fourth-order valence-corrected chi connectivity index (χ4v) is 2.62. The number of alkyl halides is 1. The van der Waals surface area contributed by atoms with Crippen molar-refractivity contribution >= 4 is 23.3 Å². The lowest BCUT2D eigenvalue weighted by Gasteiger charge is -2.38. The van der Waals surface area contributed by atoms with Gasteiger partial charge in [-0.15, -0.1) is 11.6 Å². The van der Waals surface area contributed by atoms with Crippen LogP contribution in [0.2, 0.25) is 0 Å². The number of amides is 1. The maximum absolute atomic E-state index is 11.9. The van der Waals surface area contributed by atoms with Crippen LogP contribution >= 0.6 is 11.6 Å². The smallest absolute Gasteiger partial charge is 0.230 e. The number of rotatable bonds is 5. The Hall–Kier alpha value is -0.650. The quantitative estimate of drug-likeness (QED) is 0.609. The van der Waals surface area contributed by atoms with Gasteiger partial charge < -0.3 is 14.8 Å². The molecule has 1 saturated carbocycles. The first-order chi connectivity index (χ1) is 8.90. The number of hydrogen-bond acceptors (Lipinski definition) is 4. The molecule has 0 spiro atoms. The van der Waals surface area contributed by atoms with Crippen molar-refractivity contribution in [1.29, 1.82) is 0 Å². The molecule has 110 valence electrons. The number of Topliss-reactive ketones (excluding diaryl/α,β-unsaturated/α-hetero) is 1. The van der Waals surface area contributed by atoms with Crippen molar-refractivity contribution in [3.8, 4) is 0 Å². The molecule has 1 aliphatic carbocycles. The minimum absolute atomic E-state index is 0.119. The van der Waals surface area contributed by atoms with Crippen LogP contribution in [0.4, 0.5) is 0 Å². The minimum atomic E-state index is -0.646. The maximum Gasteiger partial charge on any atom is 0.230 e. The standard InChI is InChI=1S/C13H22ClNO4/c1-7(8(2)16)13(17)15-10-6-11(18-3)9(14)5-12(10)19-4/h7,9-12H,5-6H2,1-4H3,(H,15,17). The van der Waals surface area contributed by atoms with E-state index in [4.69, 9.17) is 21.1 Å². The number of halogens is 1. The van der Waals surface area contributed by atoms with Gasteiger partial charge in [0.15, 0.2) is 0 Å². The van der Waals surface area contributed by atoms with Crippen LogP contribution in [0.5, 0.6) is 0 Å². The summed E-state index contributed by atoms with van der Waals surface area (Å²) in [7, 11) is 3.19. The predicted octanol–water partition coefficient (Wildman–Crippen LogP) is 1.13. The predicted molar refractivity (Wildman–Crippen MR) is 72.2 cm³/mol. The lowest BCUT2D eigenvalue weighted by molar-refractivity contribution is -0.134. The Balaban J connectivity index is 2.68. The molecule has 1 fully saturated rings. The molecule has 0 radical (unpaired) electrons. The summed E-state index contributed by atoms with van der Waals surface area (Å²) in [6.07, 6.45) is 0.915. The van der Waals surface area contributed by atoms with Crippen LogP contribution in [0.15, 0.2) is 0 Å². The van der Waals surface area contributed by atoms with Crippen LogP contribution < -0.4 is 5.32 Å². The molecule has 19 heavy (non-hydrogen) atoms. The van der Waals surface area contributed by atoms with E-state index in [1.54, 1.807) is 21.1 Å². The van der Waals surface area contributed by atoms with Crippen LogP contribution in [0.25, 0.3) is 0 Å². The van der Waals surface area contributed by atoms with Gasteiger partial charge in [0.05, 0.1) is 29.5 Å². The van der Waals surface area contributed by atoms with Gasteiger partial charge in [-0.1, -0.05) is 0 Å². The van der Waals surface area contributed by atoms with Crippen molar-refractivity contribution in [2.24, 2.45) is 5.92 Å². The van der Waals surface area contributed by atoms with Crippen molar-refractivity contribution < 1.29 is 19.1 Å². The average Bonchev–Trinajstić information content (AvgIpc) is 2.38. The largest absolute Gasteiger partial charge is 0.380 e. The Morgan fingerprint density at radius 2 is 1.79 bits per heavy atom. The maximum atomic E-state index is 11.9.